The van der Waals surface area contributed by atoms with Crippen LogP contribution in [0.5, 0.6) is 0 Å². The Labute approximate surface area is 156 Å². The van der Waals surface area contributed by atoms with Gasteiger partial charge < -0.3 is 10.0 Å². The van der Waals surface area contributed by atoms with Gasteiger partial charge in [0.25, 0.3) is 0 Å². The number of amides is 1. The maximum Gasteiger partial charge on any atom is 0.222 e. The van der Waals surface area contributed by atoms with Crippen molar-refractivity contribution in [3.8, 4) is 0 Å². The van der Waals surface area contributed by atoms with Crippen LogP contribution in [0.4, 0.5) is 0 Å². The molecule has 3 heteroatoms. The van der Waals surface area contributed by atoms with E-state index in [-0.39, 0.29) is 5.91 Å². The summed E-state index contributed by atoms with van der Waals surface area (Å²) >= 11 is 0. The molecular formula is C23H29NO2. The van der Waals surface area contributed by atoms with E-state index in [2.05, 4.69) is 24.3 Å². The maximum absolute atomic E-state index is 12.2. The molecule has 1 aliphatic heterocycles. The van der Waals surface area contributed by atoms with Crippen molar-refractivity contribution >= 4 is 5.91 Å². The molecule has 0 bridgehead atoms. The molecule has 1 heterocycles. The summed E-state index contributed by atoms with van der Waals surface area (Å²) in [4.78, 5) is 14.2. The van der Waals surface area contributed by atoms with Crippen molar-refractivity contribution in [2.45, 2.75) is 57.1 Å². The average Bonchev–Trinajstić information content (AvgIpc) is 3.01. The molecule has 1 aliphatic rings. The first-order valence-electron chi connectivity index (χ1n) is 9.78. The zero-order valence-electron chi connectivity index (χ0n) is 15.4. The van der Waals surface area contributed by atoms with Gasteiger partial charge in [-0.05, 0) is 49.7 Å². The van der Waals surface area contributed by atoms with E-state index in [1.54, 1.807) is 0 Å². The predicted molar refractivity (Wildman–Crippen MR) is 105 cm³/mol. The molecule has 26 heavy (non-hydrogen) atoms. The maximum atomic E-state index is 12.2. The third kappa shape index (κ3) is 5.43. The second-order valence-electron chi connectivity index (χ2n) is 7.29. The van der Waals surface area contributed by atoms with Crippen molar-refractivity contribution in [3.05, 3.63) is 71.8 Å². The normalized spacial score (nSPS) is 18.3. The fourth-order valence-electron chi connectivity index (χ4n) is 3.86. The summed E-state index contributed by atoms with van der Waals surface area (Å²) in [6, 6.07) is 20.9. The van der Waals surface area contributed by atoms with E-state index in [0.717, 1.165) is 31.2 Å². The van der Waals surface area contributed by atoms with Crippen LogP contribution in [0.1, 0.15) is 43.2 Å². The van der Waals surface area contributed by atoms with Gasteiger partial charge >= 0.3 is 0 Å². The van der Waals surface area contributed by atoms with E-state index in [9.17, 15) is 9.90 Å². The molecule has 2 aromatic carbocycles. The first-order chi connectivity index (χ1) is 12.7. The van der Waals surface area contributed by atoms with Gasteiger partial charge in [-0.1, -0.05) is 60.7 Å². The summed E-state index contributed by atoms with van der Waals surface area (Å²) in [7, 11) is 0. The molecule has 2 aromatic rings. The minimum absolute atomic E-state index is 0.252. The van der Waals surface area contributed by atoms with Crippen LogP contribution in [-0.2, 0) is 17.6 Å². The molecular weight excluding hydrogens is 322 g/mol. The highest BCUT2D eigenvalue weighted by Gasteiger charge is 2.30. The Morgan fingerprint density at radius 1 is 1.00 bits per heavy atom. The van der Waals surface area contributed by atoms with E-state index < -0.39 is 6.10 Å². The predicted octanol–water partition coefficient (Wildman–Crippen LogP) is 3.99. The van der Waals surface area contributed by atoms with Gasteiger partial charge in [-0.2, -0.15) is 0 Å². The number of aryl methyl sites for hydroxylation is 1. The number of carbonyl (C=O) groups is 1. The summed E-state index contributed by atoms with van der Waals surface area (Å²) in [5, 5.41) is 10.3. The van der Waals surface area contributed by atoms with Crippen molar-refractivity contribution in [1.82, 2.24) is 4.90 Å². The highest BCUT2D eigenvalue weighted by atomic mass is 16.3. The van der Waals surface area contributed by atoms with Crippen molar-refractivity contribution in [2.24, 2.45) is 0 Å². The van der Waals surface area contributed by atoms with Gasteiger partial charge in [0.15, 0.2) is 0 Å². The molecule has 1 fully saturated rings. The highest BCUT2D eigenvalue weighted by molar-refractivity contribution is 5.78. The van der Waals surface area contributed by atoms with Crippen LogP contribution in [0.2, 0.25) is 0 Å². The number of carbonyl (C=O) groups excluding carboxylic acids is 1. The number of aliphatic hydroxyl groups excluding tert-OH is 1. The largest absolute Gasteiger partial charge is 0.393 e. The molecule has 2 atom stereocenters. The number of likely N-dealkylation sites (tertiary alicyclic amines) is 1. The van der Waals surface area contributed by atoms with Gasteiger partial charge in [-0.15, -0.1) is 0 Å². The summed E-state index contributed by atoms with van der Waals surface area (Å²) < 4.78 is 0. The third-order valence-corrected chi connectivity index (χ3v) is 5.32. The molecule has 0 aliphatic carbocycles. The molecule has 0 radical (unpaired) electrons. The summed E-state index contributed by atoms with van der Waals surface area (Å²) in [5.41, 5.74) is 2.51. The Morgan fingerprint density at radius 2 is 1.65 bits per heavy atom. The van der Waals surface area contributed by atoms with E-state index in [1.165, 1.54) is 5.56 Å². The smallest absolute Gasteiger partial charge is 0.222 e. The summed E-state index contributed by atoms with van der Waals surface area (Å²) in [6.45, 7) is 0.669. The van der Waals surface area contributed by atoms with Crippen LogP contribution in [0.15, 0.2) is 60.7 Å². The minimum Gasteiger partial charge on any atom is -0.393 e. The van der Waals surface area contributed by atoms with Crippen LogP contribution in [0.3, 0.4) is 0 Å². The van der Waals surface area contributed by atoms with Gasteiger partial charge in [0.05, 0.1) is 6.10 Å². The summed E-state index contributed by atoms with van der Waals surface area (Å²) in [6.07, 6.45) is 5.75. The lowest BCUT2D eigenvalue weighted by Gasteiger charge is -2.26. The fourth-order valence-corrected chi connectivity index (χ4v) is 3.86. The number of rotatable bonds is 9. The zero-order valence-corrected chi connectivity index (χ0v) is 15.4. The molecule has 0 aromatic heterocycles. The van der Waals surface area contributed by atoms with Gasteiger partial charge in [-0.3, -0.25) is 4.79 Å². The van der Waals surface area contributed by atoms with Crippen LogP contribution in [0.25, 0.3) is 0 Å². The Bertz CT molecular complexity index is 671. The topological polar surface area (TPSA) is 40.5 Å². The fraction of sp³-hybridized carbons (Fsp3) is 0.435. The van der Waals surface area contributed by atoms with E-state index >= 15 is 0 Å². The van der Waals surface area contributed by atoms with E-state index in [4.69, 9.17) is 0 Å². The lowest BCUT2D eigenvalue weighted by atomic mass is 10.0. The van der Waals surface area contributed by atoms with Crippen LogP contribution >= 0.6 is 0 Å². The number of aliphatic hydroxyl groups is 1. The van der Waals surface area contributed by atoms with Crippen LogP contribution < -0.4 is 0 Å². The van der Waals surface area contributed by atoms with Gasteiger partial charge in [0, 0.05) is 19.0 Å². The molecule has 1 saturated heterocycles. The average molecular weight is 351 g/mol. The van der Waals surface area contributed by atoms with E-state index in [1.807, 2.05) is 41.3 Å². The number of nitrogens with zero attached hydrogens (tertiary/aromatic N) is 1. The lowest BCUT2D eigenvalue weighted by molar-refractivity contribution is -0.129. The number of benzene rings is 2. The molecule has 1 unspecified atom stereocenters. The Morgan fingerprint density at radius 3 is 2.35 bits per heavy atom. The molecule has 0 saturated carbocycles. The Kier molecular flexibility index (Phi) is 6.84. The van der Waals surface area contributed by atoms with E-state index in [0.29, 0.717) is 31.8 Å². The summed E-state index contributed by atoms with van der Waals surface area (Å²) in [5.74, 6) is 0.252. The SMILES string of the molecule is O=C1CCC(CCCc2ccccc2)N1CC[C@H](O)Cc1ccccc1. The highest BCUT2D eigenvalue weighted by Crippen LogP contribution is 2.24. The van der Waals surface area contributed by atoms with Crippen LogP contribution in [0, 0.1) is 0 Å². The number of hydrogen-bond acceptors (Lipinski definition) is 2. The quantitative estimate of drug-likeness (QED) is 0.742. The minimum atomic E-state index is -0.393. The molecule has 3 nitrogen and oxygen atoms in total. The Hall–Kier alpha value is -2.13. The van der Waals surface area contributed by atoms with Crippen molar-refractivity contribution < 1.29 is 9.90 Å². The van der Waals surface area contributed by atoms with Crippen molar-refractivity contribution in [2.75, 3.05) is 6.54 Å². The van der Waals surface area contributed by atoms with Crippen LogP contribution in [-0.4, -0.2) is 34.6 Å². The monoisotopic (exact) mass is 351 g/mol. The zero-order chi connectivity index (χ0) is 18.2. The lowest BCUT2D eigenvalue weighted by Crippen LogP contribution is -2.35. The molecule has 1 amide bonds. The second kappa shape index (κ2) is 9.54. The van der Waals surface area contributed by atoms with Gasteiger partial charge in [-0.25, -0.2) is 0 Å². The molecule has 1 N–H and O–H groups in total. The second-order valence-corrected chi connectivity index (χ2v) is 7.29. The third-order valence-electron chi connectivity index (χ3n) is 5.32. The first-order valence-corrected chi connectivity index (χ1v) is 9.78. The number of hydrogen-bond donors (Lipinski definition) is 1. The first kappa shape index (κ1) is 18.7. The molecule has 0 spiro atoms. The van der Waals surface area contributed by atoms with Gasteiger partial charge in [0.2, 0.25) is 5.91 Å². The molecule has 138 valence electrons. The van der Waals surface area contributed by atoms with Crippen molar-refractivity contribution in [1.29, 1.82) is 0 Å². The van der Waals surface area contributed by atoms with Crippen molar-refractivity contribution in [3.63, 3.8) is 0 Å². The Balaban J connectivity index is 1.43. The molecule has 3 rings (SSSR count). The standard InChI is InChI=1S/C23H29NO2/c25-22(18-20-10-5-2-6-11-20)16-17-24-21(14-15-23(24)26)13-7-12-19-8-3-1-4-9-19/h1-6,8-11,21-22,25H,7,12-18H2/t21?,22-/m0/s1. The van der Waals surface area contributed by atoms with Gasteiger partial charge in [0.1, 0.15) is 0 Å².